The van der Waals surface area contributed by atoms with Crippen molar-refractivity contribution < 1.29 is 24.2 Å². The number of ether oxygens (including phenoxy) is 1. The first-order valence-corrected chi connectivity index (χ1v) is 21.9. The Hall–Kier alpha value is -4.68. The summed E-state index contributed by atoms with van der Waals surface area (Å²) in [5.74, 6) is -0.828. The smallest absolute Gasteiger partial charge is 0.264 e. The van der Waals surface area contributed by atoms with Gasteiger partial charge in [-0.05, 0) is 89.0 Å². The molecule has 10 nitrogen and oxygen atoms in total. The SMILES string of the molecule is CC(C)=CCC/C(C)=C/CN1C(=O)[C@]2(O[C@H](CCn3cc(C(CO)c4ccccc4)nn3)[C@@H]([Si](C)(C)O)[C@@H]2C)c2cc(N(C=O)c3ccccc3)ccc21. The van der Waals surface area contributed by atoms with E-state index >= 15 is 4.79 Å². The molecule has 54 heavy (non-hydrogen) atoms. The van der Waals surface area contributed by atoms with E-state index in [0.29, 0.717) is 42.1 Å². The van der Waals surface area contributed by atoms with Gasteiger partial charge in [0.15, 0.2) is 13.9 Å². The van der Waals surface area contributed by atoms with Crippen molar-refractivity contribution in [1.29, 1.82) is 0 Å². The minimum Gasteiger partial charge on any atom is -0.432 e. The molecule has 4 aromatic rings. The van der Waals surface area contributed by atoms with Crippen molar-refractivity contribution in [3.63, 3.8) is 0 Å². The normalized spacial score (nSPS) is 21.7. The average Bonchev–Trinajstić information content (AvgIpc) is 3.81. The van der Waals surface area contributed by atoms with E-state index in [-0.39, 0.29) is 29.9 Å². The van der Waals surface area contributed by atoms with Crippen LogP contribution in [-0.4, -0.2) is 64.8 Å². The van der Waals surface area contributed by atoms with Crippen molar-refractivity contribution in [3.05, 3.63) is 125 Å². The van der Waals surface area contributed by atoms with Crippen molar-refractivity contribution in [2.24, 2.45) is 5.92 Å². The number of fused-ring (bicyclic) bond motifs is 2. The Morgan fingerprint density at radius 1 is 1.02 bits per heavy atom. The number of aromatic nitrogens is 3. The molecule has 2 N–H and O–H groups in total. The summed E-state index contributed by atoms with van der Waals surface area (Å²) in [7, 11) is -2.93. The van der Waals surface area contributed by atoms with Crippen LogP contribution in [-0.2, 0) is 26.5 Å². The first kappa shape index (κ1) is 39.0. The van der Waals surface area contributed by atoms with Crippen LogP contribution in [0.25, 0.3) is 0 Å². The van der Waals surface area contributed by atoms with Gasteiger partial charge < -0.3 is 19.5 Å². The van der Waals surface area contributed by atoms with Crippen molar-refractivity contribution >= 4 is 37.7 Å². The maximum absolute atomic E-state index is 15.0. The van der Waals surface area contributed by atoms with E-state index in [9.17, 15) is 14.7 Å². The predicted molar refractivity (Wildman–Crippen MR) is 215 cm³/mol. The summed E-state index contributed by atoms with van der Waals surface area (Å²) in [6, 6.07) is 24.9. The monoisotopic (exact) mass is 747 g/mol. The Bertz CT molecular complexity index is 1990. The van der Waals surface area contributed by atoms with Gasteiger partial charge in [0, 0.05) is 47.7 Å². The topological polar surface area (TPSA) is 121 Å². The predicted octanol–water partition coefficient (Wildman–Crippen LogP) is 7.62. The van der Waals surface area contributed by atoms with E-state index in [1.54, 1.807) is 9.58 Å². The molecule has 1 unspecified atom stereocenters. The van der Waals surface area contributed by atoms with Gasteiger partial charge in [0.2, 0.25) is 6.41 Å². The first-order chi connectivity index (χ1) is 25.9. The zero-order valence-corrected chi connectivity index (χ0v) is 33.2. The summed E-state index contributed by atoms with van der Waals surface area (Å²) in [6.07, 6.45) is 8.84. The second-order valence-electron chi connectivity index (χ2n) is 15.5. The number of para-hydroxylation sites is 1. The number of amides is 2. The van der Waals surface area contributed by atoms with Gasteiger partial charge in [-0.2, -0.15) is 0 Å². The molecular formula is C43H53N5O5Si. The summed E-state index contributed by atoms with van der Waals surface area (Å²) in [5, 5.41) is 19.0. The van der Waals surface area contributed by atoms with Crippen LogP contribution in [0.5, 0.6) is 0 Å². The largest absolute Gasteiger partial charge is 0.432 e. The second kappa shape index (κ2) is 16.4. The molecule has 1 spiro atoms. The zero-order chi connectivity index (χ0) is 38.6. The molecule has 1 aromatic heterocycles. The van der Waals surface area contributed by atoms with Gasteiger partial charge in [-0.25, -0.2) is 0 Å². The Kier molecular flexibility index (Phi) is 11.8. The van der Waals surface area contributed by atoms with Gasteiger partial charge in [0.05, 0.1) is 30.0 Å². The van der Waals surface area contributed by atoms with Crippen LogP contribution < -0.4 is 9.80 Å². The highest BCUT2D eigenvalue weighted by atomic mass is 28.4. The molecule has 5 atom stereocenters. The van der Waals surface area contributed by atoms with Crippen LogP contribution in [0.1, 0.15) is 69.7 Å². The average molecular weight is 748 g/mol. The number of aliphatic hydroxyl groups is 1. The molecule has 0 saturated carbocycles. The zero-order valence-electron chi connectivity index (χ0n) is 32.2. The minimum atomic E-state index is -2.93. The molecule has 0 radical (unpaired) electrons. The quantitative estimate of drug-likeness (QED) is 0.0729. The highest BCUT2D eigenvalue weighted by Crippen LogP contribution is 2.60. The number of hydrogen-bond donors (Lipinski definition) is 2. The Labute approximate surface area is 319 Å². The van der Waals surface area contributed by atoms with Crippen molar-refractivity contribution in [1.82, 2.24) is 15.0 Å². The maximum Gasteiger partial charge on any atom is 0.264 e. The number of nitrogens with zero attached hydrogens (tertiary/aromatic N) is 5. The van der Waals surface area contributed by atoms with E-state index in [2.05, 4.69) is 43.2 Å². The number of carbonyl (C=O) groups excluding carboxylic acids is 2. The maximum atomic E-state index is 15.0. The van der Waals surface area contributed by atoms with Gasteiger partial charge in [-0.15, -0.1) is 5.10 Å². The fourth-order valence-corrected chi connectivity index (χ4v) is 11.0. The molecule has 2 aliphatic rings. The summed E-state index contributed by atoms with van der Waals surface area (Å²) in [6.45, 7) is 12.9. The Morgan fingerprint density at radius 3 is 2.37 bits per heavy atom. The molecule has 6 rings (SSSR count). The lowest BCUT2D eigenvalue weighted by Crippen LogP contribution is -2.46. The molecule has 11 heteroatoms. The fourth-order valence-electron chi connectivity index (χ4n) is 8.36. The minimum absolute atomic E-state index is 0.100. The fraction of sp³-hybridized carbons (Fsp3) is 0.395. The molecule has 3 aromatic carbocycles. The number of rotatable bonds is 15. The number of carbonyl (C=O) groups is 2. The Morgan fingerprint density at radius 2 is 1.72 bits per heavy atom. The summed E-state index contributed by atoms with van der Waals surface area (Å²) in [4.78, 5) is 42.8. The van der Waals surface area contributed by atoms with Gasteiger partial charge in [-0.1, -0.05) is 84.0 Å². The number of aryl methyl sites for hydroxylation is 1. The lowest BCUT2D eigenvalue weighted by molar-refractivity contribution is -0.145. The third kappa shape index (κ3) is 7.77. The number of allylic oxidation sites excluding steroid dienone is 3. The number of aliphatic hydroxyl groups excluding tert-OH is 1. The van der Waals surface area contributed by atoms with Gasteiger partial charge in [0.1, 0.15) is 0 Å². The van der Waals surface area contributed by atoms with Crippen LogP contribution in [0.3, 0.4) is 0 Å². The molecule has 0 bridgehead atoms. The molecule has 2 amide bonds. The van der Waals surface area contributed by atoms with Gasteiger partial charge in [-0.3, -0.25) is 19.2 Å². The number of benzene rings is 3. The molecule has 2 aliphatic heterocycles. The van der Waals surface area contributed by atoms with Crippen molar-refractivity contribution in [3.8, 4) is 0 Å². The molecule has 284 valence electrons. The molecule has 1 fully saturated rings. The molecule has 0 aliphatic carbocycles. The standard InChI is InChI=1S/C43H53N5O5Si/c1-30(2)14-13-15-31(3)22-25-47-39-21-20-35(48(29-50)34-18-11-8-12-19-34)26-37(39)43(42(47)51)32(4)41(54(5,6)52)40(53-43)23-24-46-27-38(44-45-46)36(28-49)33-16-9-7-10-17-33/h7-12,14,16-22,26-27,29,32,36,40-41,49,52H,13,15,23-25,28H2,1-6H3/b31-22+/t32-,36?,40+,41-,43+/m0/s1. The first-order valence-electron chi connectivity index (χ1n) is 18.9. The van der Waals surface area contributed by atoms with Crippen LogP contribution in [0.4, 0.5) is 17.1 Å². The van der Waals surface area contributed by atoms with Crippen LogP contribution in [0.2, 0.25) is 18.6 Å². The van der Waals surface area contributed by atoms with E-state index in [1.807, 2.05) is 110 Å². The van der Waals surface area contributed by atoms with Crippen molar-refractivity contribution in [2.45, 2.75) is 89.8 Å². The van der Waals surface area contributed by atoms with Crippen LogP contribution >= 0.6 is 0 Å². The van der Waals surface area contributed by atoms with Crippen molar-refractivity contribution in [2.75, 3.05) is 23.0 Å². The van der Waals surface area contributed by atoms with Gasteiger partial charge in [0.25, 0.3) is 5.91 Å². The van der Waals surface area contributed by atoms with E-state index in [0.717, 1.165) is 30.5 Å². The van der Waals surface area contributed by atoms with E-state index in [4.69, 9.17) is 4.74 Å². The molecular weight excluding hydrogens is 695 g/mol. The van der Waals surface area contributed by atoms with Crippen LogP contribution in [0, 0.1) is 5.92 Å². The molecule has 1 saturated heterocycles. The molecule has 3 heterocycles. The van der Waals surface area contributed by atoms with E-state index in [1.165, 1.54) is 11.1 Å². The summed E-state index contributed by atoms with van der Waals surface area (Å²) >= 11 is 0. The highest BCUT2D eigenvalue weighted by Gasteiger charge is 2.66. The summed E-state index contributed by atoms with van der Waals surface area (Å²) in [5.41, 5.74) is 5.23. The van der Waals surface area contributed by atoms with E-state index < -0.39 is 20.0 Å². The third-order valence-corrected chi connectivity index (χ3v) is 13.5. The van der Waals surface area contributed by atoms with Gasteiger partial charge >= 0.3 is 0 Å². The third-order valence-electron chi connectivity index (χ3n) is 11.0. The lowest BCUT2D eigenvalue weighted by atomic mass is 9.82. The Balaban J connectivity index is 1.35. The number of anilines is 3. The highest BCUT2D eigenvalue weighted by molar-refractivity contribution is 6.71. The number of hydrogen-bond acceptors (Lipinski definition) is 7. The second-order valence-corrected chi connectivity index (χ2v) is 19.5. The lowest BCUT2D eigenvalue weighted by Gasteiger charge is -2.32. The summed E-state index contributed by atoms with van der Waals surface area (Å²) < 4.78 is 8.87. The van der Waals surface area contributed by atoms with Crippen LogP contribution in [0.15, 0.2) is 108 Å².